The van der Waals surface area contributed by atoms with Crippen molar-refractivity contribution in [2.75, 3.05) is 13.1 Å². The van der Waals surface area contributed by atoms with Crippen LogP contribution in [0.3, 0.4) is 0 Å². The molecule has 2 aromatic rings. The van der Waals surface area contributed by atoms with Gasteiger partial charge in [0.05, 0.1) is 17.4 Å². The third-order valence-corrected chi connectivity index (χ3v) is 4.14. The fourth-order valence-corrected chi connectivity index (χ4v) is 2.96. The predicted octanol–water partition coefficient (Wildman–Crippen LogP) is 2.20. The molecule has 1 amide bonds. The first kappa shape index (κ1) is 14.3. The van der Waals surface area contributed by atoms with Gasteiger partial charge in [0.2, 0.25) is 0 Å². The summed E-state index contributed by atoms with van der Waals surface area (Å²) in [4.78, 5) is 14.3. The lowest BCUT2D eigenvalue weighted by Crippen LogP contribution is -2.45. The van der Waals surface area contributed by atoms with Crippen molar-refractivity contribution in [3.8, 4) is 5.69 Å². The molecule has 0 saturated carbocycles. The zero-order valence-corrected chi connectivity index (χ0v) is 13.2. The average Bonchev–Trinajstić information content (AvgIpc) is 2.96. The van der Waals surface area contributed by atoms with Crippen molar-refractivity contribution >= 4 is 21.8 Å². The number of amides is 1. The van der Waals surface area contributed by atoms with E-state index in [0.717, 1.165) is 29.5 Å². The third-order valence-electron chi connectivity index (χ3n) is 3.65. The number of carbonyl (C=O) groups excluding carboxylic acids is 1. The number of carbonyl (C=O) groups is 1. The van der Waals surface area contributed by atoms with Gasteiger partial charge >= 0.3 is 0 Å². The smallest absolute Gasteiger partial charge is 0.257 e. The van der Waals surface area contributed by atoms with E-state index in [1.165, 1.54) is 0 Å². The second kappa shape index (κ2) is 5.99. The van der Waals surface area contributed by atoms with Crippen molar-refractivity contribution in [2.24, 2.45) is 5.73 Å². The number of hydrogen-bond acceptors (Lipinski definition) is 3. The maximum absolute atomic E-state index is 12.5. The summed E-state index contributed by atoms with van der Waals surface area (Å²) in [5.41, 5.74) is 7.45. The quantitative estimate of drug-likeness (QED) is 0.904. The molecule has 1 saturated heterocycles. The second-order valence-electron chi connectivity index (χ2n) is 5.31. The highest BCUT2D eigenvalue weighted by Gasteiger charge is 2.23. The third kappa shape index (κ3) is 3.16. The molecule has 21 heavy (non-hydrogen) atoms. The zero-order valence-electron chi connectivity index (χ0n) is 11.6. The summed E-state index contributed by atoms with van der Waals surface area (Å²) < 4.78 is 2.69. The molecular weight excluding hydrogens is 332 g/mol. The molecule has 2 heterocycles. The van der Waals surface area contributed by atoms with Gasteiger partial charge in [-0.1, -0.05) is 22.0 Å². The first-order chi connectivity index (χ1) is 10.1. The van der Waals surface area contributed by atoms with Gasteiger partial charge in [-0.15, -0.1) is 0 Å². The predicted molar refractivity (Wildman–Crippen MR) is 84.4 cm³/mol. The van der Waals surface area contributed by atoms with Crippen LogP contribution in [0.1, 0.15) is 23.2 Å². The Balaban J connectivity index is 1.80. The number of piperidine rings is 1. The van der Waals surface area contributed by atoms with Gasteiger partial charge in [0.25, 0.3) is 5.91 Å². The minimum absolute atomic E-state index is 0.00592. The average molecular weight is 349 g/mol. The number of rotatable bonds is 2. The maximum Gasteiger partial charge on any atom is 0.257 e. The van der Waals surface area contributed by atoms with E-state index in [9.17, 15) is 4.79 Å². The van der Waals surface area contributed by atoms with Crippen molar-refractivity contribution in [1.29, 1.82) is 0 Å². The van der Waals surface area contributed by atoms with E-state index in [2.05, 4.69) is 21.0 Å². The van der Waals surface area contributed by atoms with E-state index in [1.807, 2.05) is 29.2 Å². The van der Waals surface area contributed by atoms with Crippen LogP contribution in [-0.4, -0.2) is 39.7 Å². The molecule has 5 nitrogen and oxygen atoms in total. The van der Waals surface area contributed by atoms with Crippen LogP contribution in [-0.2, 0) is 0 Å². The van der Waals surface area contributed by atoms with Gasteiger partial charge in [0, 0.05) is 29.8 Å². The van der Waals surface area contributed by atoms with Gasteiger partial charge < -0.3 is 10.6 Å². The number of hydrogen-bond donors (Lipinski definition) is 1. The number of halogens is 1. The van der Waals surface area contributed by atoms with E-state index in [-0.39, 0.29) is 11.9 Å². The molecule has 1 aliphatic heterocycles. The first-order valence-electron chi connectivity index (χ1n) is 6.99. The number of nitrogens with zero attached hydrogens (tertiary/aromatic N) is 3. The number of aromatic nitrogens is 2. The Morgan fingerprint density at radius 2 is 2.29 bits per heavy atom. The minimum atomic E-state index is 0.00592. The summed E-state index contributed by atoms with van der Waals surface area (Å²) in [6, 6.07) is 7.88. The highest BCUT2D eigenvalue weighted by Crippen LogP contribution is 2.17. The summed E-state index contributed by atoms with van der Waals surface area (Å²) in [6.07, 6.45) is 5.33. The van der Waals surface area contributed by atoms with Gasteiger partial charge in [-0.3, -0.25) is 4.79 Å². The second-order valence-corrected chi connectivity index (χ2v) is 6.22. The van der Waals surface area contributed by atoms with Gasteiger partial charge in [-0.05, 0) is 31.0 Å². The Labute approximate surface area is 131 Å². The van der Waals surface area contributed by atoms with E-state index in [0.29, 0.717) is 12.1 Å². The fraction of sp³-hybridized carbons (Fsp3) is 0.333. The van der Waals surface area contributed by atoms with Crippen molar-refractivity contribution in [1.82, 2.24) is 14.7 Å². The van der Waals surface area contributed by atoms with Crippen LogP contribution in [0.5, 0.6) is 0 Å². The van der Waals surface area contributed by atoms with Crippen LogP contribution in [0.25, 0.3) is 5.69 Å². The van der Waals surface area contributed by atoms with Crippen molar-refractivity contribution in [2.45, 2.75) is 18.9 Å². The topological polar surface area (TPSA) is 64.2 Å². The standard InChI is InChI=1S/C15H17BrN4O/c16-12-3-1-5-14(7-12)20-9-11(8-18-20)15(21)19-6-2-4-13(17)10-19/h1,3,5,7-9,13H,2,4,6,10,17H2/t13-/m1/s1. The zero-order chi connectivity index (χ0) is 14.8. The monoisotopic (exact) mass is 348 g/mol. The van der Waals surface area contributed by atoms with Gasteiger partial charge in [0.15, 0.2) is 0 Å². The summed E-state index contributed by atoms with van der Waals surface area (Å²) in [5.74, 6) is 0.00592. The first-order valence-corrected chi connectivity index (χ1v) is 7.78. The van der Waals surface area contributed by atoms with Crippen LogP contribution < -0.4 is 5.73 Å². The van der Waals surface area contributed by atoms with Crippen molar-refractivity contribution < 1.29 is 4.79 Å². The van der Waals surface area contributed by atoms with E-state index in [1.54, 1.807) is 17.1 Å². The lowest BCUT2D eigenvalue weighted by molar-refractivity contribution is 0.0709. The lowest BCUT2D eigenvalue weighted by Gasteiger charge is -2.30. The maximum atomic E-state index is 12.5. The molecule has 1 atom stereocenters. The normalized spacial score (nSPS) is 18.8. The SMILES string of the molecule is N[C@@H]1CCCN(C(=O)c2cnn(-c3cccc(Br)c3)c2)C1. The van der Waals surface area contributed by atoms with Crippen LogP contribution in [0.15, 0.2) is 41.1 Å². The Hall–Kier alpha value is -1.66. The fourth-order valence-electron chi connectivity index (χ4n) is 2.57. The van der Waals surface area contributed by atoms with Gasteiger partial charge in [-0.25, -0.2) is 4.68 Å². The van der Waals surface area contributed by atoms with Gasteiger partial charge in [-0.2, -0.15) is 5.10 Å². The number of likely N-dealkylation sites (tertiary alicyclic amines) is 1. The Morgan fingerprint density at radius 1 is 1.43 bits per heavy atom. The molecule has 2 N–H and O–H groups in total. The van der Waals surface area contributed by atoms with Crippen LogP contribution in [0.4, 0.5) is 0 Å². The molecule has 1 aromatic carbocycles. The molecule has 0 spiro atoms. The summed E-state index contributed by atoms with van der Waals surface area (Å²) in [6.45, 7) is 1.40. The molecule has 110 valence electrons. The minimum Gasteiger partial charge on any atom is -0.337 e. The van der Waals surface area contributed by atoms with E-state index in [4.69, 9.17) is 5.73 Å². The van der Waals surface area contributed by atoms with Crippen molar-refractivity contribution in [3.63, 3.8) is 0 Å². The largest absolute Gasteiger partial charge is 0.337 e. The van der Waals surface area contributed by atoms with Crippen molar-refractivity contribution in [3.05, 3.63) is 46.7 Å². The van der Waals surface area contributed by atoms with E-state index >= 15 is 0 Å². The highest BCUT2D eigenvalue weighted by molar-refractivity contribution is 9.10. The summed E-state index contributed by atoms with van der Waals surface area (Å²) >= 11 is 3.43. The van der Waals surface area contributed by atoms with Crippen LogP contribution in [0.2, 0.25) is 0 Å². The van der Waals surface area contributed by atoms with Crippen LogP contribution in [0, 0.1) is 0 Å². The summed E-state index contributed by atoms with van der Waals surface area (Å²) in [7, 11) is 0. The highest BCUT2D eigenvalue weighted by atomic mass is 79.9. The molecule has 0 unspecified atom stereocenters. The molecule has 0 bridgehead atoms. The van der Waals surface area contributed by atoms with E-state index < -0.39 is 0 Å². The summed E-state index contributed by atoms with van der Waals surface area (Å²) in [5, 5.41) is 4.28. The molecule has 0 aliphatic carbocycles. The Bertz CT molecular complexity index is 655. The molecule has 0 radical (unpaired) electrons. The lowest BCUT2D eigenvalue weighted by atomic mass is 10.1. The molecule has 1 aromatic heterocycles. The number of nitrogens with two attached hydrogens (primary N) is 1. The molecule has 1 aliphatic rings. The van der Waals surface area contributed by atoms with Crippen LogP contribution >= 0.6 is 15.9 Å². The van der Waals surface area contributed by atoms with Gasteiger partial charge in [0.1, 0.15) is 0 Å². The molecule has 1 fully saturated rings. The Morgan fingerprint density at radius 3 is 3.05 bits per heavy atom. The molecular formula is C15H17BrN4O. The molecule has 6 heteroatoms. The molecule has 3 rings (SSSR count). The Kier molecular flexibility index (Phi) is 4.07. The number of benzene rings is 1.